The molecule has 0 bridgehead atoms. The van der Waals surface area contributed by atoms with Crippen LogP contribution in [0, 0.1) is 0 Å². The molecule has 6 heteroatoms. The number of aliphatic hydroxyl groups excluding tert-OH is 4. The van der Waals surface area contributed by atoms with Gasteiger partial charge in [0, 0.05) is 0 Å². The van der Waals surface area contributed by atoms with Gasteiger partial charge in [0.25, 0.3) is 0 Å². The summed E-state index contributed by atoms with van der Waals surface area (Å²) in [6.07, 6.45) is 16.7. The van der Waals surface area contributed by atoms with E-state index < -0.39 is 36.9 Å². The number of carbonyl (C=O) groups is 1. The Labute approximate surface area is 189 Å². The van der Waals surface area contributed by atoms with E-state index >= 15 is 0 Å². The zero-order valence-electron chi connectivity index (χ0n) is 19.7. The molecule has 6 nitrogen and oxygen atoms in total. The van der Waals surface area contributed by atoms with Crippen LogP contribution in [0.3, 0.4) is 0 Å². The molecule has 1 amide bonds. The predicted octanol–water partition coefficient (Wildman–Crippen LogP) is 3.77. The SMILES string of the molecule is CCCC/C=C/CCCC(O)C(O)C(CO)NC(=O)C(O)CC/C=C\CCCCCC. The molecule has 0 aromatic carbocycles. The highest BCUT2D eigenvalue weighted by molar-refractivity contribution is 5.80. The molecule has 0 aliphatic heterocycles. The number of carbonyl (C=O) groups excluding carboxylic acids is 1. The van der Waals surface area contributed by atoms with Crippen LogP contribution in [0.4, 0.5) is 0 Å². The number of aliphatic hydroxyl groups is 4. The molecular weight excluding hydrogens is 394 g/mol. The molecule has 0 fully saturated rings. The summed E-state index contributed by atoms with van der Waals surface area (Å²) in [6.45, 7) is 3.82. The van der Waals surface area contributed by atoms with Crippen molar-refractivity contribution in [1.29, 1.82) is 0 Å². The van der Waals surface area contributed by atoms with Crippen molar-refractivity contribution in [1.82, 2.24) is 5.32 Å². The van der Waals surface area contributed by atoms with Gasteiger partial charge in [-0.3, -0.25) is 4.79 Å². The molecule has 0 spiro atoms. The second-order valence-corrected chi connectivity index (χ2v) is 8.31. The van der Waals surface area contributed by atoms with Crippen molar-refractivity contribution >= 4 is 5.91 Å². The third-order valence-corrected chi connectivity index (χ3v) is 5.39. The summed E-state index contributed by atoms with van der Waals surface area (Å²) in [5.74, 6) is -0.638. The van der Waals surface area contributed by atoms with Gasteiger partial charge >= 0.3 is 0 Å². The van der Waals surface area contributed by atoms with Gasteiger partial charge in [0.1, 0.15) is 12.2 Å². The van der Waals surface area contributed by atoms with Crippen LogP contribution in [0.15, 0.2) is 24.3 Å². The Morgan fingerprint density at radius 2 is 1.35 bits per heavy atom. The van der Waals surface area contributed by atoms with Crippen molar-refractivity contribution in [2.45, 2.75) is 122 Å². The number of nitrogens with one attached hydrogen (secondary N) is 1. The molecule has 0 saturated heterocycles. The Hall–Kier alpha value is -1.21. The van der Waals surface area contributed by atoms with Gasteiger partial charge in [-0.25, -0.2) is 0 Å². The fraction of sp³-hybridized carbons (Fsp3) is 0.800. The van der Waals surface area contributed by atoms with E-state index in [1.807, 2.05) is 6.08 Å². The number of unbranched alkanes of at least 4 members (excludes halogenated alkanes) is 7. The molecule has 5 N–H and O–H groups in total. The molecule has 31 heavy (non-hydrogen) atoms. The first-order chi connectivity index (χ1) is 15.0. The molecule has 182 valence electrons. The highest BCUT2D eigenvalue weighted by Crippen LogP contribution is 2.11. The zero-order chi connectivity index (χ0) is 23.3. The maximum atomic E-state index is 12.2. The number of hydrogen-bond acceptors (Lipinski definition) is 5. The predicted molar refractivity (Wildman–Crippen MR) is 127 cm³/mol. The van der Waals surface area contributed by atoms with Crippen molar-refractivity contribution in [3.63, 3.8) is 0 Å². The van der Waals surface area contributed by atoms with Crippen molar-refractivity contribution < 1.29 is 25.2 Å². The highest BCUT2D eigenvalue weighted by Gasteiger charge is 2.28. The molecule has 4 atom stereocenters. The van der Waals surface area contributed by atoms with E-state index in [1.54, 1.807) is 0 Å². The van der Waals surface area contributed by atoms with Gasteiger partial charge in [-0.2, -0.15) is 0 Å². The lowest BCUT2D eigenvalue weighted by Crippen LogP contribution is -2.53. The minimum Gasteiger partial charge on any atom is -0.394 e. The van der Waals surface area contributed by atoms with E-state index in [2.05, 4.69) is 37.4 Å². The van der Waals surface area contributed by atoms with Crippen molar-refractivity contribution in [2.75, 3.05) is 6.61 Å². The van der Waals surface area contributed by atoms with E-state index in [4.69, 9.17) is 0 Å². The zero-order valence-corrected chi connectivity index (χ0v) is 19.7. The van der Waals surface area contributed by atoms with Gasteiger partial charge in [-0.15, -0.1) is 0 Å². The van der Waals surface area contributed by atoms with E-state index in [9.17, 15) is 25.2 Å². The Kier molecular flexibility index (Phi) is 19.9. The van der Waals surface area contributed by atoms with E-state index in [1.165, 1.54) is 19.3 Å². The lowest BCUT2D eigenvalue weighted by Gasteiger charge is -2.27. The highest BCUT2D eigenvalue weighted by atomic mass is 16.3. The van der Waals surface area contributed by atoms with Crippen LogP contribution >= 0.6 is 0 Å². The molecule has 0 radical (unpaired) electrons. The molecule has 0 saturated carbocycles. The maximum absolute atomic E-state index is 12.2. The van der Waals surface area contributed by atoms with Crippen LogP contribution in [0.5, 0.6) is 0 Å². The van der Waals surface area contributed by atoms with Gasteiger partial charge in [0.05, 0.1) is 18.8 Å². The first-order valence-corrected chi connectivity index (χ1v) is 12.2. The largest absolute Gasteiger partial charge is 0.394 e. The Balaban J connectivity index is 4.17. The van der Waals surface area contributed by atoms with Crippen LogP contribution in [-0.4, -0.2) is 57.3 Å². The quantitative estimate of drug-likeness (QED) is 0.146. The van der Waals surface area contributed by atoms with Gasteiger partial charge in [-0.05, 0) is 51.4 Å². The summed E-state index contributed by atoms with van der Waals surface area (Å²) in [4.78, 5) is 12.2. The van der Waals surface area contributed by atoms with Gasteiger partial charge in [0.2, 0.25) is 5.91 Å². The van der Waals surface area contributed by atoms with Crippen molar-refractivity contribution in [2.24, 2.45) is 0 Å². The normalized spacial score (nSPS) is 15.9. The maximum Gasteiger partial charge on any atom is 0.249 e. The third-order valence-electron chi connectivity index (χ3n) is 5.39. The number of allylic oxidation sites excluding steroid dienone is 4. The van der Waals surface area contributed by atoms with E-state index in [-0.39, 0.29) is 6.42 Å². The van der Waals surface area contributed by atoms with Gasteiger partial charge in [-0.1, -0.05) is 70.3 Å². The standard InChI is InChI=1S/C25H47NO5/c1-3-5-7-9-11-13-15-17-19-23(29)25(31)26-21(20-27)24(30)22(28)18-16-14-12-10-8-6-4-2/h10,12-13,15,21-24,27-30H,3-9,11,14,16-20H2,1-2H3,(H,26,31)/b12-10+,15-13-. The molecule has 0 aromatic heterocycles. The molecule has 0 aromatic rings. The molecule has 0 aliphatic rings. The average Bonchev–Trinajstić information content (AvgIpc) is 2.77. The molecular formula is C25H47NO5. The molecule has 0 heterocycles. The Morgan fingerprint density at radius 1 is 0.774 bits per heavy atom. The summed E-state index contributed by atoms with van der Waals surface area (Å²) in [5.41, 5.74) is 0. The van der Waals surface area contributed by atoms with Crippen molar-refractivity contribution in [3.05, 3.63) is 24.3 Å². The van der Waals surface area contributed by atoms with E-state index in [0.29, 0.717) is 19.3 Å². The van der Waals surface area contributed by atoms with Gasteiger partial charge < -0.3 is 25.7 Å². The summed E-state index contributed by atoms with van der Waals surface area (Å²) >= 11 is 0. The van der Waals surface area contributed by atoms with Crippen molar-refractivity contribution in [3.8, 4) is 0 Å². The average molecular weight is 442 g/mol. The summed E-state index contributed by atoms with van der Waals surface area (Å²) in [5, 5.41) is 42.5. The number of hydrogen-bond donors (Lipinski definition) is 5. The lowest BCUT2D eigenvalue weighted by atomic mass is 10.0. The van der Waals surface area contributed by atoms with Crippen LogP contribution in [-0.2, 0) is 4.79 Å². The van der Waals surface area contributed by atoms with E-state index in [0.717, 1.165) is 38.5 Å². The van der Waals surface area contributed by atoms with Crippen LogP contribution in [0.2, 0.25) is 0 Å². The first-order valence-electron chi connectivity index (χ1n) is 12.2. The molecule has 0 rings (SSSR count). The topological polar surface area (TPSA) is 110 Å². The minimum atomic E-state index is -1.28. The molecule has 0 aliphatic carbocycles. The van der Waals surface area contributed by atoms with Crippen LogP contribution < -0.4 is 5.32 Å². The number of rotatable bonds is 20. The second kappa shape index (κ2) is 20.7. The first kappa shape index (κ1) is 29.8. The summed E-state index contributed by atoms with van der Waals surface area (Å²) < 4.78 is 0. The second-order valence-electron chi connectivity index (χ2n) is 8.31. The summed E-state index contributed by atoms with van der Waals surface area (Å²) in [6, 6.07) is -1.01. The fourth-order valence-electron chi connectivity index (χ4n) is 3.27. The smallest absolute Gasteiger partial charge is 0.249 e. The lowest BCUT2D eigenvalue weighted by molar-refractivity contribution is -0.132. The van der Waals surface area contributed by atoms with Crippen LogP contribution in [0.1, 0.15) is 97.3 Å². The molecule has 4 unspecified atom stereocenters. The fourth-order valence-corrected chi connectivity index (χ4v) is 3.27. The Morgan fingerprint density at radius 3 is 1.97 bits per heavy atom. The minimum absolute atomic E-state index is 0.276. The Bertz CT molecular complexity index is 481. The van der Waals surface area contributed by atoms with Gasteiger partial charge in [0.15, 0.2) is 0 Å². The monoisotopic (exact) mass is 441 g/mol. The third kappa shape index (κ3) is 16.1. The number of amides is 1. The van der Waals surface area contributed by atoms with Crippen LogP contribution in [0.25, 0.3) is 0 Å². The summed E-state index contributed by atoms with van der Waals surface area (Å²) in [7, 11) is 0.